The number of nitrogens with zero attached hydrogens (tertiary/aromatic N) is 2. The Balaban J connectivity index is 1.37. The van der Waals surface area contributed by atoms with E-state index in [1.165, 1.54) is 5.56 Å². The quantitative estimate of drug-likeness (QED) is 0.684. The minimum atomic E-state index is 0.124. The molecule has 144 valence electrons. The van der Waals surface area contributed by atoms with E-state index in [1.54, 1.807) is 0 Å². The van der Waals surface area contributed by atoms with Gasteiger partial charge in [0.25, 0.3) is 0 Å². The third-order valence-electron chi connectivity index (χ3n) is 5.23. The molecule has 0 saturated carbocycles. The Morgan fingerprint density at radius 2 is 2.08 bits per heavy atom. The average Bonchev–Trinajstić information content (AvgIpc) is 2.66. The van der Waals surface area contributed by atoms with Crippen LogP contribution in [0, 0.1) is 5.92 Å². The van der Waals surface area contributed by atoms with Crippen molar-refractivity contribution in [2.45, 2.75) is 25.8 Å². The number of carbonyl (C=O) groups is 1. The lowest BCUT2D eigenvalue weighted by Gasteiger charge is -2.32. The van der Waals surface area contributed by atoms with Gasteiger partial charge in [0.2, 0.25) is 5.91 Å². The first-order chi connectivity index (χ1) is 12.7. The molecule has 1 atom stereocenters. The second-order valence-electron chi connectivity index (χ2n) is 7.30. The van der Waals surface area contributed by atoms with Crippen LogP contribution in [0.15, 0.2) is 28.7 Å². The molecule has 26 heavy (non-hydrogen) atoms. The molecule has 2 saturated heterocycles. The first kappa shape index (κ1) is 19.8. The Kier molecular flexibility index (Phi) is 7.92. The normalized spacial score (nSPS) is 22.3. The molecule has 6 heteroatoms. The first-order valence-electron chi connectivity index (χ1n) is 9.75. The number of piperidine rings is 1. The van der Waals surface area contributed by atoms with Crippen molar-refractivity contribution >= 4 is 21.8 Å². The maximum absolute atomic E-state index is 12.5. The molecule has 0 spiro atoms. The summed E-state index contributed by atoms with van der Waals surface area (Å²) in [5.74, 6) is 0.352. The summed E-state index contributed by atoms with van der Waals surface area (Å²) in [6.07, 6.45) is 3.12. The number of rotatable bonds is 7. The number of hydrogen-bond donors (Lipinski definition) is 1. The van der Waals surface area contributed by atoms with Gasteiger partial charge in [-0.3, -0.25) is 14.6 Å². The Bertz CT molecular complexity index is 578. The molecule has 0 bridgehead atoms. The van der Waals surface area contributed by atoms with Crippen LogP contribution in [0.25, 0.3) is 0 Å². The molecule has 1 aromatic carbocycles. The molecule has 2 heterocycles. The van der Waals surface area contributed by atoms with Gasteiger partial charge >= 0.3 is 0 Å². The number of hydrogen-bond acceptors (Lipinski definition) is 4. The highest BCUT2D eigenvalue weighted by Crippen LogP contribution is 2.20. The van der Waals surface area contributed by atoms with Crippen molar-refractivity contribution in [3.63, 3.8) is 0 Å². The number of amides is 1. The van der Waals surface area contributed by atoms with Crippen LogP contribution in [0.3, 0.4) is 0 Å². The molecule has 1 N–H and O–H groups in total. The average molecular weight is 424 g/mol. The molecule has 2 aliphatic heterocycles. The standard InChI is InChI=1S/C20H30BrN3O2/c21-19-6-1-4-17(14-19)15-24-8-2-5-18(16-24)20(25)22-7-3-9-23-10-12-26-13-11-23/h1,4,6,14,18H,2-3,5,7-13,15-16H2,(H,22,25). The second-order valence-corrected chi connectivity index (χ2v) is 8.22. The monoisotopic (exact) mass is 423 g/mol. The van der Waals surface area contributed by atoms with E-state index in [-0.39, 0.29) is 11.8 Å². The largest absolute Gasteiger partial charge is 0.379 e. The van der Waals surface area contributed by atoms with Crippen molar-refractivity contribution in [3.8, 4) is 0 Å². The zero-order valence-electron chi connectivity index (χ0n) is 15.5. The number of benzene rings is 1. The van der Waals surface area contributed by atoms with Gasteiger partial charge in [0.1, 0.15) is 0 Å². The lowest BCUT2D eigenvalue weighted by Crippen LogP contribution is -2.43. The highest BCUT2D eigenvalue weighted by Gasteiger charge is 2.25. The van der Waals surface area contributed by atoms with E-state index in [4.69, 9.17) is 4.74 Å². The molecular weight excluding hydrogens is 394 g/mol. The highest BCUT2D eigenvalue weighted by atomic mass is 79.9. The number of carbonyl (C=O) groups excluding carboxylic acids is 1. The summed E-state index contributed by atoms with van der Waals surface area (Å²) in [5.41, 5.74) is 1.30. The Hall–Kier alpha value is -0.950. The fourth-order valence-electron chi connectivity index (χ4n) is 3.79. The van der Waals surface area contributed by atoms with E-state index in [0.717, 1.165) is 82.8 Å². The fraction of sp³-hybridized carbons (Fsp3) is 0.650. The van der Waals surface area contributed by atoms with Crippen LogP contribution >= 0.6 is 15.9 Å². The molecule has 3 rings (SSSR count). The molecular formula is C20H30BrN3O2. The van der Waals surface area contributed by atoms with Crippen molar-refractivity contribution in [2.75, 3.05) is 52.5 Å². The van der Waals surface area contributed by atoms with Gasteiger partial charge in [-0.25, -0.2) is 0 Å². The summed E-state index contributed by atoms with van der Waals surface area (Å²) in [5, 5.41) is 3.15. The van der Waals surface area contributed by atoms with E-state index in [1.807, 2.05) is 6.07 Å². The summed E-state index contributed by atoms with van der Waals surface area (Å²) in [6, 6.07) is 8.43. The van der Waals surface area contributed by atoms with Gasteiger partial charge in [-0.05, 0) is 50.0 Å². The summed E-state index contributed by atoms with van der Waals surface area (Å²) in [6.45, 7) is 8.38. The minimum absolute atomic E-state index is 0.124. The zero-order chi connectivity index (χ0) is 18.2. The van der Waals surface area contributed by atoms with Crippen LogP contribution in [-0.4, -0.2) is 68.2 Å². The van der Waals surface area contributed by atoms with E-state index in [2.05, 4.69) is 49.2 Å². The van der Waals surface area contributed by atoms with E-state index < -0.39 is 0 Å². The summed E-state index contributed by atoms with van der Waals surface area (Å²) in [7, 11) is 0. The minimum Gasteiger partial charge on any atom is -0.379 e. The Labute approximate surface area is 165 Å². The highest BCUT2D eigenvalue weighted by molar-refractivity contribution is 9.10. The van der Waals surface area contributed by atoms with E-state index in [9.17, 15) is 4.79 Å². The third-order valence-corrected chi connectivity index (χ3v) is 5.72. The summed E-state index contributed by atoms with van der Waals surface area (Å²) in [4.78, 5) is 17.3. The Morgan fingerprint density at radius 1 is 1.23 bits per heavy atom. The predicted octanol–water partition coefficient (Wildman–Crippen LogP) is 2.50. The lowest BCUT2D eigenvalue weighted by molar-refractivity contribution is -0.126. The predicted molar refractivity (Wildman–Crippen MR) is 107 cm³/mol. The molecule has 1 unspecified atom stereocenters. The van der Waals surface area contributed by atoms with E-state index >= 15 is 0 Å². The van der Waals surface area contributed by atoms with Crippen LogP contribution in [0.1, 0.15) is 24.8 Å². The molecule has 2 aliphatic rings. The number of morpholine rings is 1. The second kappa shape index (κ2) is 10.4. The molecule has 5 nitrogen and oxygen atoms in total. The fourth-order valence-corrected chi connectivity index (χ4v) is 4.24. The topological polar surface area (TPSA) is 44.8 Å². The number of ether oxygens (including phenoxy) is 1. The van der Waals surface area contributed by atoms with Crippen molar-refractivity contribution in [2.24, 2.45) is 5.92 Å². The molecule has 2 fully saturated rings. The molecule has 1 amide bonds. The maximum Gasteiger partial charge on any atom is 0.224 e. The SMILES string of the molecule is O=C(NCCCN1CCOCC1)C1CCCN(Cc2cccc(Br)c2)C1. The van der Waals surface area contributed by atoms with Crippen LogP contribution in [0.5, 0.6) is 0 Å². The van der Waals surface area contributed by atoms with Crippen LogP contribution < -0.4 is 5.32 Å². The van der Waals surface area contributed by atoms with Crippen LogP contribution in [-0.2, 0) is 16.1 Å². The first-order valence-corrected chi connectivity index (χ1v) is 10.5. The summed E-state index contributed by atoms with van der Waals surface area (Å²) < 4.78 is 6.48. The molecule has 1 aromatic rings. The zero-order valence-corrected chi connectivity index (χ0v) is 17.0. The van der Waals surface area contributed by atoms with Gasteiger partial charge in [-0.15, -0.1) is 0 Å². The van der Waals surface area contributed by atoms with Gasteiger partial charge in [-0.1, -0.05) is 28.1 Å². The molecule has 0 aliphatic carbocycles. The number of halogens is 1. The maximum atomic E-state index is 12.5. The van der Waals surface area contributed by atoms with Crippen molar-refractivity contribution < 1.29 is 9.53 Å². The smallest absolute Gasteiger partial charge is 0.224 e. The van der Waals surface area contributed by atoms with Crippen molar-refractivity contribution in [1.29, 1.82) is 0 Å². The Morgan fingerprint density at radius 3 is 2.88 bits per heavy atom. The van der Waals surface area contributed by atoms with Crippen LogP contribution in [0.4, 0.5) is 0 Å². The van der Waals surface area contributed by atoms with Gasteiger partial charge in [0.05, 0.1) is 19.1 Å². The summed E-state index contributed by atoms with van der Waals surface area (Å²) >= 11 is 3.53. The van der Waals surface area contributed by atoms with Gasteiger partial charge in [-0.2, -0.15) is 0 Å². The molecule has 0 radical (unpaired) electrons. The third kappa shape index (κ3) is 6.34. The van der Waals surface area contributed by atoms with E-state index in [0.29, 0.717) is 0 Å². The van der Waals surface area contributed by atoms with Gasteiger partial charge < -0.3 is 10.1 Å². The van der Waals surface area contributed by atoms with Gasteiger partial charge in [0.15, 0.2) is 0 Å². The van der Waals surface area contributed by atoms with Crippen LogP contribution in [0.2, 0.25) is 0 Å². The molecule has 0 aromatic heterocycles. The van der Waals surface area contributed by atoms with Gasteiger partial charge in [0, 0.05) is 37.2 Å². The number of likely N-dealkylation sites (tertiary alicyclic amines) is 1. The van der Waals surface area contributed by atoms with Crippen molar-refractivity contribution in [1.82, 2.24) is 15.1 Å². The number of nitrogens with one attached hydrogen (secondary N) is 1. The lowest BCUT2D eigenvalue weighted by atomic mass is 9.96. The van der Waals surface area contributed by atoms with Crippen molar-refractivity contribution in [3.05, 3.63) is 34.3 Å².